The van der Waals surface area contributed by atoms with Crippen LogP contribution in [-0.4, -0.2) is 67.1 Å². The van der Waals surface area contributed by atoms with Crippen LogP contribution in [0.15, 0.2) is 60.9 Å². The van der Waals surface area contributed by atoms with Gasteiger partial charge in [0.1, 0.15) is 12.3 Å². The zero-order valence-corrected chi connectivity index (χ0v) is 21.9. The maximum absolute atomic E-state index is 13.2. The van der Waals surface area contributed by atoms with E-state index in [-0.39, 0.29) is 6.61 Å². The van der Waals surface area contributed by atoms with Crippen molar-refractivity contribution in [3.63, 3.8) is 0 Å². The van der Waals surface area contributed by atoms with Gasteiger partial charge >= 0.3 is 0 Å². The van der Waals surface area contributed by atoms with E-state index in [0.717, 1.165) is 28.7 Å². The normalized spacial score (nSPS) is 22.9. The molecule has 4 atom stereocenters. The summed E-state index contributed by atoms with van der Waals surface area (Å²) in [6, 6.07) is 14.7. The zero-order chi connectivity index (χ0) is 28.7. The largest absolute Gasteiger partial charge is 0.481 e. The highest BCUT2D eigenvalue weighted by atomic mass is 16.5. The number of aliphatic carboxylic acids is 1. The topological polar surface area (TPSA) is 169 Å². The molecule has 2 amide bonds. The molecular formula is C29H30N4O7. The Morgan fingerprint density at radius 2 is 1.52 bits per heavy atom. The summed E-state index contributed by atoms with van der Waals surface area (Å²) in [5.41, 5.74) is 9.80. The molecule has 11 heteroatoms. The first-order valence-corrected chi connectivity index (χ1v) is 12.8. The Hall–Kier alpha value is -4.29. The first kappa shape index (κ1) is 27.3. The van der Waals surface area contributed by atoms with Crippen molar-refractivity contribution in [2.45, 2.75) is 37.8 Å². The van der Waals surface area contributed by atoms with Gasteiger partial charge in [0, 0.05) is 66.2 Å². The summed E-state index contributed by atoms with van der Waals surface area (Å²) in [6.45, 7) is 0.713. The molecular weight excluding hydrogens is 516 g/mol. The molecule has 4 aromatic rings. The molecule has 6 N–H and O–H groups in total. The number of carbonyl (C=O) groups excluding carboxylic acids is 2. The van der Waals surface area contributed by atoms with Gasteiger partial charge < -0.3 is 34.9 Å². The minimum atomic E-state index is -0.980. The number of aliphatic hydroxyl groups is 2. The Morgan fingerprint density at radius 1 is 1.00 bits per heavy atom. The Morgan fingerprint density at radius 3 is 2.12 bits per heavy atom. The zero-order valence-electron chi connectivity index (χ0n) is 21.9. The Bertz CT molecular complexity index is 1660. The molecule has 0 radical (unpaired) electrons. The lowest BCUT2D eigenvalue weighted by Gasteiger charge is -2.37. The molecule has 0 bridgehead atoms. The van der Waals surface area contributed by atoms with E-state index in [1.807, 2.05) is 70.9 Å². The fourth-order valence-electron chi connectivity index (χ4n) is 5.47. The van der Waals surface area contributed by atoms with Crippen molar-refractivity contribution in [3.05, 3.63) is 72.1 Å². The molecule has 6 rings (SSSR count). The van der Waals surface area contributed by atoms with Gasteiger partial charge in [-0.1, -0.05) is 36.4 Å². The summed E-state index contributed by atoms with van der Waals surface area (Å²) in [4.78, 5) is 35.3. The van der Waals surface area contributed by atoms with Crippen LogP contribution in [0.25, 0.3) is 33.0 Å². The van der Waals surface area contributed by atoms with Crippen LogP contribution in [0.3, 0.4) is 0 Å². The van der Waals surface area contributed by atoms with Crippen LogP contribution < -0.4 is 11.1 Å². The number of fused-ring (bicyclic) bond motifs is 2. The lowest BCUT2D eigenvalue weighted by Crippen LogP contribution is -2.52. The number of aryl methyl sites for hydroxylation is 1. The Balaban J connectivity index is 0.000000758. The van der Waals surface area contributed by atoms with Crippen molar-refractivity contribution in [2.75, 3.05) is 6.61 Å². The number of rotatable bonds is 4. The van der Waals surface area contributed by atoms with E-state index in [2.05, 4.69) is 5.32 Å². The number of ether oxygens (including phenoxy) is 1. The summed E-state index contributed by atoms with van der Waals surface area (Å²) in [7, 11) is 1.91. The maximum Gasteiger partial charge on any atom is 0.300 e. The van der Waals surface area contributed by atoms with Gasteiger partial charge in [-0.05, 0) is 12.1 Å². The van der Waals surface area contributed by atoms with Gasteiger partial charge in [0.15, 0.2) is 0 Å². The van der Waals surface area contributed by atoms with Crippen molar-refractivity contribution in [3.8, 4) is 0 Å². The van der Waals surface area contributed by atoms with Crippen molar-refractivity contribution >= 4 is 50.7 Å². The number of benzene rings is 2. The molecule has 208 valence electrons. The number of amides is 2. The van der Waals surface area contributed by atoms with Crippen LogP contribution in [0.5, 0.6) is 0 Å². The van der Waals surface area contributed by atoms with Gasteiger partial charge in [-0.25, -0.2) is 0 Å². The summed E-state index contributed by atoms with van der Waals surface area (Å²) in [6.07, 6.45) is 1.61. The average Bonchev–Trinajstić information content (AvgIpc) is 3.55. The summed E-state index contributed by atoms with van der Waals surface area (Å²) in [5, 5.41) is 31.5. The number of imide groups is 1. The molecule has 2 aliphatic heterocycles. The molecule has 11 nitrogen and oxygen atoms in total. The summed E-state index contributed by atoms with van der Waals surface area (Å²) in [5.74, 6) is -1.74. The van der Waals surface area contributed by atoms with Gasteiger partial charge in [-0.15, -0.1) is 0 Å². The molecule has 1 fully saturated rings. The molecule has 0 saturated carbocycles. The Kier molecular flexibility index (Phi) is 7.30. The second kappa shape index (κ2) is 10.7. The minimum Gasteiger partial charge on any atom is -0.481 e. The van der Waals surface area contributed by atoms with E-state index in [1.54, 1.807) is 6.20 Å². The number of aliphatic hydroxyl groups excluding tert-OH is 2. The highest BCUT2D eigenvalue weighted by Crippen LogP contribution is 2.40. The minimum absolute atomic E-state index is 0.296. The molecule has 4 heterocycles. The number of aromatic nitrogens is 2. The molecule has 2 aliphatic rings. The molecule has 2 aromatic heterocycles. The number of para-hydroxylation sites is 2. The van der Waals surface area contributed by atoms with Crippen LogP contribution in [0.2, 0.25) is 0 Å². The van der Waals surface area contributed by atoms with Crippen LogP contribution >= 0.6 is 0 Å². The number of nitrogens with zero attached hydrogens (tertiary/aromatic N) is 2. The second-order valence-electron chi connectivity index (χ2n) is 9.89. The Labute approximate surface area is 229 Å². The van der Waals surface area contributed by atoms with E-state index in [0.29, 0.717) is 28.7 Å². The fourth-order valence-corrected chi connectivity index (χ4v) is 5.47. The third kappa shape index (κ3) is 4.69. The van der Waals surface area contributed by atoms with E-state index in [4.69, 9.17) is 20.4 Å². The third-order valence-electron chi connectivity index (χ3n) is 7.22. The first-order chi connectivity index (χ1) is 19.1. The van der Waals surface area contributed by atoms with Crippen LogP contribution in [0.1, 0.15) is 30.7 Å². The molecule has 0 spiro atoms. The number of hydrogen-bond acceptors (Lipinski definition) is 7. The number of carbonyl (C=O) groups is 3. The van der Waals surface area contributed by atoms with E-state index in [9.17, 15) is 19.8 Å². The standard InChI is InChI=1S/C27H26N4O5.C2H4O2/c1-30-11-16(14-6-2-4-8-19(14)30)23-24(27(35)29-26(23)34)17-12-31(20-9-5-3-7-15(17)20)22-10-18(28)25(33)21(13-32)36-22;1-2(3)4/h2-9,11-12,18,21-22,25,32-33H,10,13,28H2,1H3,(H,29,34,35);1H3,(H,3,4)/t18-,21-,22-,25+;/m1./s1. The van der Waals surface area contributed by atoms with Crippen molar-refractivity contribution in [1.82, 2.24) is 14.5 Å². The van der Waals surface area contributed by atoms with E-state index >= 15 is 0 Å². The van der Waals surface area contributed by atoms with Crippen molar-refractivity contribution in [1.29, 1.82) is 0 Å². The van der Waals surface area contributed by atoms with Crippen molar-refractivity contribution < 1.29 is 34.4 Å². The summed E-state index contributed by atoms with van der Waals surface area (Å²) >= 11 is 0. The highest BCUT2D eigenvalue weighted by molar-refractivity contribution is 6.50. The molecule has 0 unspecified atom stereocenters. The number of carboxylic acids is 1. The SMILES string of the molecule is CC(=O)O.Cn1cc(C2=C(c3cn([C@H]4C[C@@H](N)[C@H](O)[C@@H](CO)O4)c4ccccc34)C(=O)NC2=O)c2ccccc21. The number of nitrogens with two attached hydrogens (primary N) is 1. The second-order valence-corrected chi connectivity index (χ2v) is 9.89. The van der Waals surface area contributed by atoms with Gasteiger partial charge in [0.2, 0.25) is 0 Å². The van der Waals surface area contributed by atoms with Gasteiger partial charge in [0.05, 0.1) is 29.4 Å². The third-order valence-corrected chi connectivity index (χ3v) is 7.22. The van der Waals surface area contributed by atoms with Crippen LogP contribution in [0, 0.1) is 0 Å². The maximum atomic E-state index is 13.2. The molecule has 1 saturated heterocycles. The molecule has 2 aromatic carbocycles. The highest BCUT2D eigenvalue weighted by Gasteiger charge is 2.39. The summed E-state index contributed by atoms with van der Waals surface area (Å²) < 4.78 is 9.81. The number of hydrogen-bond donors (Lipinski definition) is 5. The average molecular weight is 547 g/mol. The van der Waals surface area contributed by atoms with Crippen LogP contribution in [0.4, 0.5) is 0 Å². The van der Waals surface area contributed by atoms with E-state index in [1.165, 1.54) is 0 Å². The van der Waals surface area contributed by atoms with E-state index < -0.39 is 42.3 Å². The molecule has 0 aliphatic carbocycles. The van der Waals surface area contributed by atoms with Gasteiger partial charge in [0.25, 0.3) is 17.8 Å². The number of carboxylic acid groups (broad SMARTS) is 1. The predicted molar refractivity (Wildman–Crippen MR) is 148 cm³/mol. The smallest absolute Gasteiger partial charge is 0.300 e. The van der Waals surface area contributed by atoms with Crippen molar-refractivity contribution in [2.24, 2.45) is 12.8 Å². The van der Waals surface area contributed by atoms with Crippen LogP contribution in [-0.2, 0) is 26.2 Å². The fraction of sp³-hybridized carbons (Fsp3) is 0.276. The van der Waals surface area contributed by atoms with Gasteiger partial charge in [-0.3, -0.25) is 19.7 Å². The lowest BCUT2D eigenvalue weighted by molar-refractivity contribution is -0.165. The quantitative estimate of drug-likeness (QED) is 0.241. The lowest BCUT2D eigenvalue weighted by atomic mass is 9.95. The monoisotopic (exact) mass is 546 g/mol. The molecule has 40 heavy (non-hydrogen) atoms. The van der Waals surface area contributed by atoms with Gasteiger partial charge in [-0.2, -0.15) is 0 Å². The first-order valence-electron chi connectivity index (χ1n) is 12.8. The number of nitrogens with one attached hydrogen (secondary N) is 1. The predicted octanol–water partition coefficient (Wildman–Crippen LogP) is 1.76.